The number of rotatable bonds is 3. The van der Waals surface area contributed by atoms with E-state index in [4.69, 9.17) is 4.74 Å². The molecule has 1 aliphatic rings. The van der Waals surface area contributed by atoms with Crippen LogP contribution in [-0.4, -0.2) is 50.3 Å². The molecule has 1 atom stereocenters. The van der Waals surface area contributed by atoms with Gasteiger partial charge in [-0.3, -0.25) is 10.2 Å². The second-order valence-corrected chi connectivity index (χ2v) is 3.09. The molecule has 0 saturated carbocycles. The molecule has 1 rings (SSSR count). The van der Waals surface area contributed by atoms with Crippen LogP contribution in [0.25, 0.3) is 0 Å². The van der Waals surface area contributed by atoms with E-state index >= 15 is 0 Å². The fourth-order valence-electron chi connectivity index (χ4n) is 1.06. The molecule has 1 amide bonds. The smallest absolute Gasteiger partial charge is 0.251 e. The first-order valence-corrected chi connectivity index (χ1v) is 4.54. The molecular formula is C8H17N3O2. The SMILES string of the molecule is CNC(C)C(=O)NN1CCOCC1. The van der Waals surface area contributed by atoms with Crippen molar-refractivity contribution in [3.63, 3.8) is 0 Å². The summed E-state index contributed by atoms with van der Waals surface area (Å²) >= 11 is 0. The van der Waals surface area contributed by atoms with Gasteiger partial charge < -0.3 is 10.1 Å². The Bertz CT molecular complexity index is 169. The minimum absolute atomic E-state index is 0.00407. The van der Waals surface area contributed by atoms with Gasteiger partial charge in [0.2, 0.25) is 0 Å². The van der Waals surface area contributed by atoms with Gasteiger partial charge in [-0.25, -0.2) is 5.01 Å². The molecule has 1 fully saturated rings. The Kier molecular flexibility index (Phi) is 4.14. The second-order valence-electron chi connectivity index (χ2n) is 3.09. The van der Waals surface area contributed by atoms with Crippen molar-refractivity contribution in [2.75, 3.05) is 33.4 Å². The Balaban J connectivity index is 2.26. The van der Waals surface area contributed by atoms with E-state index in [9.17, 15) is 4.79 Å². The molecule has 0 bridgehead atoms. The van der Waals surface area contributed by atoms with E-state index in [-0.39, 0.29) is 11.9 Å². The molecule has 5 nitrogen and oxygen atoms in total. The molecule has 0 aromatic rings. The summed E-state index contributed by atoms with van der Waals surface area (Å²) in [5.74, 6) is 0.00407. The predicted octanol–water partition coefficient (Wildman–Crippen LogP) is -1.04. The first-order chi connectivity index (χ1) is 6.24. The van der Waals surface area contributed by atoms with Crippen LogP contribution in [0, 0.1) is 0 Å². The number of hydrogen-bond acceptors (Lipinski definition) is 4. The molecule has 76 valence electrons. The second kappa shape index (κ2) is 5.16. The van der Waals surface area contributed by atoms with Gasteiger partial charge in [0, 0.05) is 13.1 Å². The van der Waals surface area contributed by atoms with Gasteiger partial charge in [-0.1, -0.05) is 0 Å². The molecule has 0 radical (unpaired) electrons. The molecule has 1 heterocycles. The number of morpholine rings is 1. The van der Waals surface area contributed by atoms with Crippen LogP contribution in [0.2, 0.25) is 0 Å². The molecule has 1 saturated heterocycles. The number of carbonyl (C=O) groups is 1. The standard InChI is InChI=1S/C8H17N3O2/c1-7(9-2)8(12)10-11-3-5-13-6-4-11/h7,9H,3-6H2,1-2H3,(H,10,12). The highest BCUT2D eigenvalue weighted by molar-refractivity contribution is 5.80. The summed E-state index contributed by atoms with van der Waals surface area (Å²) in [6.07, 6.45) is 0. The van der Waals surface area contributed by atoms with E-state index < -0.39 is 0 Å². The van der Waals surface area contributed by atoms with Crippen LogP contribution in [-0.2, 0) is 9.53 Å². The van der Waals surface area contributed by atoms with E-state index in [1.54, 1.807) is 7.05 Å². The van der Waals surface area contributed by atoms with Crippen LogP contribution in [0.15, 0.2) is 0 Å². The van der Waals surface area contributed by atoms with Gasteiger partial charge in [-0.2, -0.15) is 0 Å². The fraction of sp³-hybridized carbons (Fsp3) is 0.875. The third-order valence-corrected chi connectivity index (χ3v) is 2.11. The van der Waals surface area contributed by atoms with Crippen molar-refractivity contribution in [1.29, 1.82) is 0 Å². The topological polar surface area (TPSA) is 53.6 Å². The molecule has 0 aliphatic carbocycles. The Morgan fingerprint density at radius 3 is 2.62 bits per heavy atom. The Hall–Kier alpha value is -0.650. The Labute approximate surface area is 78.4 Å². The zero-order valence-corrected chi connectivity index (χ0v) is 8.17. The number of hydrogen-bond donors (Lipinski definition) is 2. The quantitative estimate of drug-likeness (QED) is 0.592. The number of nitrogens with one attached hydrogen (secondary N) is 2. The highest BCUT2D eigenvalue weighted by Crippen LogP contribution is 1.92. The van der Waals surface area contributed by atoms with Gasteiger partial charge in [0.1, 0.15) is 0 Å². The van der Waals surface area contributed by atoms with E-state index in [1.807, 2.05) is 11.9 Å². The number of hydrazine groups is 1. The molecule has 0 aromatic carbocycles. The minimum atomic E-state index is -0.150. The van der Waals surface area contributed by atoms with Gasteiger partial charge in [0.15, 0.2) is 0 Å². The maximum atomic E-state index is 11.4. The fourth-order valence-corrected chi connectivity index (χ4v) is 1.06. The lowest BCUT2D eigenvalue weighted by atomic mass is 10.3. The number of carbonyl (C=O) groups excluding carboxylic acids is 1. The summed E-state index contributed by atoms with van der Waals surface area (Å²) in [5.41, 5.74) is 2.82. The van der Waals surface area contributed by atoms with Crippen molar-refractivity contribution in [1.82, 2.24) is 15.8 Å². The number of amides is 1. The summed E-state index contributed by atoms with van der Waals surface area (Å²) < 4.78 is 5.16. The lowest BCUT2D eigenvalue weighted by Crippen LogP contribution is -2.52. The minimum Gasteiger partial charge on any atom is -0.379 e. The summed E-state index contributed by atoms with van der Waals surface area (Å²) in [7, 11) is 1.77. The predicted molar refractivity (Wildman–Crippen MR) is 49.1 cm³/mol. The molecule has 0 spiro atoms. The normalized spacial score (nSPS) is 21.1. The zero-order chi connectivity index (χ0) is 9.68. The largest absolute Gasteiger partial charge is 0.379 e. The van der Waals surface area contributed by atoms with Crippen LogP contribution in [0.3, 0.4) is 0 Å². The van der Waals surface area contributed by atoms with Gasteiger partial charge in [-0.15, -0.1) is 0 Å². The lowest BCUT2D eigenvalue weighted by molar-refractivity contribution is -0.129. The van der Waals surface area contributed by atoms with Crippen molar-refractivity contribution < 1.29 is 9.53 Å². The summed E-state index contributed by atoms with van der Waals surface area (Å²) in [4.78, 5) is 11.4. The van der Waals surface area contributed by atoms with Crippen LogP contribution in [0.1, 0.15) is 6.92 Å². The Morgan fingerprint density at radius 1 is 1.46 bits per heavy atom. The van der Waals surface area contributed by atoms with Crippen LogP contribution in [0.5, 0.6) is 0 Å². The van der Waals surface area contributed by atoms with Crippen molar-refractivity contribution in [3.8, 4) is 0 Å². The summed E-state index contributed by atoms with van der Waals surface area (Å²) in [6.45, 7) is 4.74. The van der Waals surface area contributed by atoms with Crippen molar-refractivity contribution in [3.05, 3.63) is 0 Å². The Morgan fingerprint density at radius 2 is 2.08 bits per heavy atom. The molecule has 1 aliphatic heterocycles. The lowest BCUT2D eigenvalue weighted by Gasteiger charge is -2.28. The third-order valence-electron chi connectivity index (χ3n) is 2.11. The van der Waals surface area contributed by atoms with Crippen LogP contribution >= 0.6 is 0 Å². The van der Waals surface area contributed by atoms with Crippen molar-refractivity contribution >= 4 is 5.91 Å². The maximum Gasteiger partial charge on any atom is 0.251 e. The molecule has 1 unspecified atom stereocenters. The molecular weight excluding hydrogens is 170 g/mol. The van der Waals surface area contributed by atoms with Gasteiger partial charge in [-0.05, 0) is 14.0 Å². The number of ether oxygens (including phenoxy) is 1. The zero-order valence-electron chi connectivity index (χ0n) is 8.17. The highest BCUT2D eigenvalue weighted by atomic mass is 16.5. The van der Waals surface area contributed by atoms with E-state index in [0.717, 1.165) is 13.1 Å². The average Bonchev–Trinajstić information content (AvgIpc) is 2.18. The van der Waals surface area contributed by atoms with E-state index in [2.05, 4.69) is 10.7 Å². The van der Waals surface area contributed by atoms with Crippen molar-refractivity contribution in [2.45, 2.75) is 13.0 Å². The highest BCUT2D eigenvalue weighted by Gasteiger charge is 2.16. The maximum absolute atomic E-state index is 11.4. The monoisotopic (exact) mass is 187 g/mol. The molecule has 5 heteroatoms. The van der Waals surface area contributed by atoms with Crippen LogP contribution in [0.4, 0.5) is 0 Å². The van der Waals surface area contributed by atoms with Crippen LogP contribution < -0.4 is 10.7 Å². The van der Waals surface area contributed by atoms with E-state index in [1.165, 1.54) is 0 Å². The van der Waals surface area contributed by atoms with Crippen molar-refractivity contribution in [2.24, 2.45) is 0 Å². The van der Waals surface area contributed by atoms with Gasteiger partial charge in [0.05, 0.1) is 19.3 Å². The van der Waals surface area contributed by atoms with Gasteiger partial charge in [0.25, 0.3) is 5.91 Å². The number of nitrogens with zero attached hydrogens (tertiary/aromatic N) is 1. The summed E-state index contributed by atoms with van der Waals surface area (Å²) in [5, 5.41) is 4.77. The van der Waals surface area contributed by atoms with E-state index in [0.29, 0.717) is 13.2 Å². The summed E-state index contributed by atoms with van der Waals surface area (Å²) in [6, 6.07) is -0.150. The molecule has 2 N–H and O–H groups in total. The molecule has 13 heavy (non-hydrogen) atoms. The first kappa shape index (κ1) is 10.4. The molecule has 0 aromatic heterocycles. The average molecular weight is 187 g/mol. The number of likely N-dealkylation sites (N-methyl/N-ethyl adjacent to an activating group) is 1. The van der Waals surface area contributed by atoms with Gasteiger partial charge >= 0.3 is 0 Å². The third kappa shape index (κ3) is 3.30. The first-order valence-electron chi connectivity index (χ1n) is 4.54.